The molecule has 1 aliphatic heterocycles. The molecular formula is C12H16N2O3. The number of hydrogen-bond acceptors (Lipinski definition) is 5. The fraction of sp³-hybridized carbons (Fsp3) is 0.500. The highest BCUT2D eigenvalue weighted by molar-refractivity contribution is 5.90. The molecule has 1 heterocycles. The van der Waals surface area contributed by atoms with Crippen molar-refractivity contribution < 1.29 is 14.3 Å². The van der Waals surface area contributed by atoms with E-state index in [4.69, 9.17) is 20.5 Å². The molecule has 17 heavy (non-hydrogen) atoms. The standard InChI is InChI=1S/C12H16N2O3/c1-4-8-9(6-13)11(14)17-7(3)10(8)12(15)16-5-2/h8H,4-5,14H2,1-3H3. The van der Waals surface area contributed by atoms with Gasteiger partial charge in [0.1, 0.15) is 11.8 Å². The van der Waals surface area contributed by atoms with Crippen LogP contribution in [0.1, 0.15) is 27.2 Å². The fourth-order valence-corrected chi connectivity index (χ4v) is 1.87. The maximum absolute atomic E-state index is 11.8. The first-order chi connectivity index (χ1) is 8.06. The minimum absolute atomic E-state index is 0.0740. The van der Waals surface area contributed by atoms with Gasteiger partial charge in [0.05, 0.1) is 17.8 Å². The van der Waals surface area contributed by atoms with E-state index >= 15 is 0 Å². The van der Waals surface area contributed by atoms with E-state index in [1.807, 2.05) is 13.0 Å². The summed E-state index contributed by atoms with van der Waals surface area (Å²) in [6.07, 6.45) is 0.596. The largest absolute Gasteiger partial charge is 0.463 e. The number of carbonyl (C=O) groups is 1. The quantitative estimate of drug-likeness (QED) is 0.752. The number of allylic oxidation sites excluding steroid dienone is 2. The van der Waals surface area contributed by atoms with E-state index in [1.54, 1.807) is 13.8 Å². The van der Waals surface area contributed by atoms with E-state index in [1.165, 1.54) is 0 Å². The van der Waals surface area contributed by atoms with Crippen molar-refractivity contribution in [1.29, 1.82) is 5.26 Å². The van der Waals surface area contributed by atoms with Crippen molar-refractivity contribution >= 4 is 5.97 Å². The van der Waals surface area contributed by atoms with Crippen molar-refractivity contribution in [2.75, 3.05) is 6.61 Å². The van der Waals surface area contributed by atoms with Crippen molar-refractivity contribution in [3.63, 3.8) is 0 Å². The Hall–Kier alpha value is -1.96. The van der Waals surface area contributed by atoms with Crippen LogP contribution in [0.2, 0.25) is 0 Å². The molecule has 0 aromatic rings. The van der Waals surface area contributed by atoms with E-state index < -0.39 is 5.97 Å². The first-order valence-electron chi connectivity index (χ1n) is 5.52. The third-order valence-electron chi connectivity index (χ3n) is 2.63. The Morgan fingerprint density at radius 2 is 2.24 bits per heavy atom. The third kappa shape index (κ3) is 2.41. The van der Waals surface area contributed by atoms with Gasteiger partial charge in [-0.1, -0.05) is 6.92 Å². The molecule has 0 aromatic carbocycles. The van der Waals surface area contributed by atoms with Gasteiger partial charge < -0.3 is 15.2 Å². The molecule has 0 saturated carbocycles. The number of nitriles is 1. The summed E-state index contributed by atoms with van der Waals surface area (Å²) in [5, 5.41) is 9.04. The van der Waals surface area contributed by atoms with Gasteiger partial charge in [0.15, 0.2) is 0 Å². The lowest BCUT2D eigenvalue weighted by atomic mass is 9.87. The summed E-state index contributed by atoms with van der Waals surface area (Å²) in [5.74, 6) is -0.304. The molecule has 0 radical (unpaired) electrons. The number of esters is 1. The molecule has 5 heteroatoms. The zero-order valence-corrected chi connectivity index (χ0v) is 10.2. The molecular weight excluding hydrogens is 220 g/mol. The second-order valence-electron chi connectivity index (χ2n) is 3.64. The van der Waals surface area contributed by atoms with Gasteiger partial charge in [-0.05, 0) is 20.3 Å². The average Bonchev–Trinajstić information content (AvgIpc) is 2.28. The summed E-state index contributed by atoms with van der Waals surface area (Å²) in [5.41, 5.74) is 6.31. The van der Waals surface area contributed by atoms with Gasteiger partial charge in [-0.15, -0.1) is 0 Å². The van der Waals surface area contributed by atoms with Crippen LogP contribution in [-0.4, -0.2) is 12.6 Å². The maximum atomic E-state index is 11.8. The zero-order chi connectivity index (χ0) is 13.0. The number of rotatable bonds is 3. The lowest BCUT2D eigenvalue weighted by Crippen LogP contribution is -2.26. The van der Waals surface area contributed by atoms with Gasteiger partial charge in [0.2, 0.25) is 5.88 Å². The molecule has 5 nitrogen and oxygen atoms in total. The first kappa shape index (κ1) is 13.1. The molecule has 1 unspecified atom stereocenters. The van der Waals surface area contributed by atoms with Crippen LogP contribution < -0.4 is 5.73 Å². The van der Waals surface area contributed by atoms with Gasteiger partial charge in [-0.3, -0.25) is 0 Å². The molecule has 2 N–H and O–H groups in total. The maximum Gasteiger partial charge on any atom is 0.338 e. The predicted octanol–water partition coefficient (Wildman–Crippen LogP) is 1.57. The van der Waals surface area contributed by atoms with Crippen molar-refractivity contribution in [2.45, 2.75) is 27.2 Å². The Balaban J connectivity index is 3.15. The molecule has 0 fully saturated rings. The van der Waals surface area contributed by atoms with Crippen LogP contribution in [0.3, 0.4) is 0 Å². The third-order valence-corrected chi connectivity index (χ3v) is 2.63. The Labute approximate surface area is 100 Å². The summed E-state index contributed by atoms with van der Waals surface area (Å²) in [6.45, 7) is 5.55. The van der Waals surface area contributed by atoms with Crippen LogP contribution >= 0.6 is 0 Å². The molecule has 1 rings (SSSR count). The second kappa shape index (κ2) is 5.39. The second-order valence-corrected chi connectivity index (χ2v) is 3.64. The average molecular weight is 236 g/mol. The molecule has 0 amide bonds. The zero-order valence-electron chi connectivity index (χ0n) is 10.2. The number of ether oxygens (including phenoxy) is 2. The summed E-state index contributed by atoms with van der Waals surface area (Å²) < 4.78 is 10.2. The van der Waals surface area contributed by atoms with Gasteiger partial charge in [0, 0.05) is 5.92 Å². The SMILES string of the molecule is CCOC(=O)C1=C(C)OC(N)=C(C#N)C1CC. The number of carbonyl (C=O) groups excluding carboxylic acids is 1. The van der Waals surface area contributed by atoms with Crippen LogP contribution in [0.5, 0.6) is 0 Å². The van der Waals surface area contributed by atoms with Crippen molar-refractivity contribution in [3.8, 4) is 6.07 Å². The summed E-state index contributed by atoms with van der Waals surface area (Å²) in [7, 11) is 0. The lowest BCUT2D eigenvalue weighted by molar-refractivity contribution is -0.139. The Morgan fingerprint density at radius 3 is 2.71 bits per heavy atom. The van der Waals surface area contributed by atoms with Crippen LogP contribution in [-0.2, 0) is 14.3 Å². The molecule has 1 atom stereocenters. The Kier molecular flexibility index (Phi) is 4.16. The highest BCUT2D eigenvalue weighted by Crippen LogP contribution is 2.33. The topological polar surface area (TPSA) is 85.3 Å². The number of hydrogen-bond donors (Lipinski definition) is 1. The molecule has 0 aromatic heterocycles. The molecule has 0 aliphatic carbocycles. The predicted molar refractivity (Wildman–Crippen MR) is 61.0 cm³/mol. The fourth-order valence-electron chi connectivity index (χ4n) is 1.87. The van der Waals surface area contributed by atoms with E-state index in [9.17, 15) is 4.79 Å². The smallest absolute Gasteiger partial charge is 0.338 e. The van der Waals surface area contributed by atoms with Crippen LogP contribution in [0.4, 0.5) is 0 Å². The highest BCUT2D eigenvalue weighted by Gasteiger charge is 2.33. The normalized spacial score (nSPS) is 19.8. The van der Waals surface area contributed by atoms with E-state index in [0.717, 1.165) is 0 Å². The Bertz CT molecular complexity index is 430. The molecule has 0 saturated heterocycles. The number of nitrogens with two attached hydrogens (primary N) is 1. The highest BCUT2D eigenvalue weighted by atomic mass is 16.5. The summed E-state index contributed by atoms with van der Waals surface area (Å²) >= 11 is 0. The Morgan fingerprint density at radius 1 is 1.59 bits per heavy atom. The summed E-state index contributed by atoms with van der Waals surface area (Å²) in [6, 6.07) is 1.99. The molecule has 92 valence electrons. The monoisotopic (exact) mass is 236 g/mol. The van der Waals surface area contributed by atoms with Crippen LogP contribution in [0.25, 0.3) is 0 Å². The first-order valence-corrected chi connectivity index (χ1v) is 5.52. The van der Waals surface area contributed by atoms with Crippen molar-refractivity contribution in [3.05, 3.63) is 22.8 Å². The van der Waals surface area contributed by atoms with Gasteiger partial charge in [0.25, 0.3) is 0 Å². The summed E-state index contributed by atoms with van der Waals surface area (Å²) in [4.78, 5) is 11.8. The van der Waals surface area contributed by atoms with Crippen molar-refractivity contribution in [2.24, 2.45) is 11.7 Å². The molecule has 0 spiro atoms. The van der Waals surface area contributed by atoms with Crippen molar-refractivity contribution in [1.82, 2.24) is 0 Å². The molecule has 1 aliphatic rings. The van der Waals surface area contributed by atoms with Crippen LogP contribution in [0.15, 0.2) is 22.8 Å². The van der Waals surface area contributed by atoms with E-state index in [-0.39, 0.29) is 18.4 Å². The minimum Gasteiger partial charge on any atom is -0.463 e. The lowest BCUT2D eigenvalue weighted by Gasteiger charge is -2.25. The van der Waals surface area contributed by atoms with E-state index in [0.29, 0.717) is 23.3 Å². The van der Waals surface area contributed by atoms with Gasteiger partial charge in [-0.2, -0.15) is 5.26 Å². The molecule has 0 bridgehead atoms. The minimum atomic E-state index is -0.447. The van der Waals surface area contributed by atoms with E-state index in [2.05, 4.69) is 0 Å². The van der Waals surface area contributed by atoms with Crippen LogP contribution in [0, 0.1) is 17.2 Å². The van der Waals surface area contributed by atoms with Gasteiger partial charge >= 0.3 is 5.97 Å². The number of nitrogens with zero attached hydrogens (tertiary/aromatic N) is 1. The van der Waals surface area contributed by atoms with Gasteiger partial charge in [-0.25, -0.2) is 4.79 Å².